The molecule has 0 aromatic heterocycles. The first kappa shape index (κ1) is 28.1. The lowest BCUT2D eigenvalue weighted by Gasteiger charge is -2.42. The lowest BCUT2D eigenvalue weighted by molar-refractivity contribution is -0.145. The average molecular weight is 465 g/mol. The molecular weight excluding hydrogens is 412 g/mol. The van der Waals surface area contributed by atoms with Crippen LogP contribution in [0.1, 0.15) is 86.5 Å². The number of carbonyl (C=O) groups is 2. The number of rotatable bonds is 6. The molecule has 3 saturated heterocycles. The Morgan fingerprint density at radius 2 is 1.76 bits per heavy atom. The van der Waals surface area contributed by atoms with E-state index in [1.54, 1.807) is 4.90 Å². The van der Waals surface area contributed by atoms with Gasteiger partial charge in [0.1, 0.15) is 0 Å². The Labute approximate surface area is 203 Å². The second-order valence-electron chi connectivity index (χ2n) is 11.8. The lowest BCUT2D eigenvalue weighted by atomic mass is 9.84. The van der Waals surface area contributed by atoms with Gasteiger partial charge >= 0.3 is 0 Å². The van der Waals surface area contributed by atoms with Crippen LogP contribution in [0.5, 0.6) is 0 Å². The maximum absolute atomic E-state index is 13.0. The molecular formula is C27H52N4O2. The Morgan fingerprint density at radius 3 is 2.36 bits per heavy atom. The summed E-state index contributed by atoms with van der Waals surface area (Å²) in [7, 11) is 2.27. The van der Waals surface area contributed by atoms with Crippen molar-refractivity contribution in [3.05, 3.63) is 0 Å². The van der Waals surface area contributed by atoms with Gasteiger partial charge in [0.25, 0.3) is 0 Å². The number of hydrogen-bond donors (Lipinski definition) is 1. The van der Waals surface area contributed by atoms with Crippen LogP contribution in [-0.4, -0.2) is 84.4 Å². The standard InChI is InChI=1S/C23H42N4O2.C4H10/c1-17(2)13-21-23(29)26(12-9-24-21)16-22(28)27-11-8-19(14-18(27)3)15-20-7-5-6-10-25(20)4;1-4(2)3/h17-21,24H,5-16H2,1-4H3;4H,1-3H3. The Balaban J connectivity index is 0.000000890. The van der Waals surface area contributed by atoms with Crippen molar-refractivity contribution in [1.29, 1.82) is 0 Å². The molecule has 0 aromatic rings. The molecule has 0 bridgehead atoms. The first-order valence-electron chi connectivity index (χ1n) is 13.6. The van der Waals surface area contributed by atoms with E-state index in [1.165, 1.54) is 32.2 Å². The molecule has 0 spiro atoms. The van der Waals surface area contributed by atoms with Gasteiger partial charge in [-0.3, -0.25) is 9.59 Å². The molecule has 0 aliphatic carbocycles. The van der Waals surface area contributed by atoms with Gasteiger partial charge in [-0.2, -0.15) is 0 Å². The van der Waals surface area contributed by atoms with Crippen molar-refractivity contribution in [2.45, 2.75) is 105 Å². The molecule has 192 valence electrons. The fourth-order valence-corrected chi connectivity index (χ4v) is 5.54. The topological polar surface area (TPSA) is 55.9 Å². The molecule has 6 heteroatoms. The van der Waals surface area contributed by atoms with E-state index < -0.39 is 0 Å². The monoisotopic (exact) mass is 464 g/mol. The molecule has 0 saturated carbocycles. The Kier molecular flexibility index (Phi) is 11.6. The Hall–Kier alpha value is -1.14. The van der Waals surface area contributed by atoms with Crippen LogP contribution in [0, 0.1) is 17.8 Å². The minimum Gasteiger partial charge on any atom is -0.338 e. The summed E-state index contributed by atoms with van der Waals surface area (Å²) in [5, 5.41) is 3.32. The normalized spacial score (nSPS) is 29.3. The molecule has 4 unspecified atom stereocenters. The van der Waals surface area contributed by atoms with Gasteiger partial charge in [-0.25, -0.2) is 0 Å². The summed E-state index contributed by atoms with van der Waals surface area (Å²) >= 11 is 0. The number of piperidine rings is 2. The van der Waals surface area contributed by atoms with E-state index in [0.717, 1.165) is 50.2 Å². The van der Waals surface area contributed by atoms with Crippen molar-refractivity contribution in [3.8, 4) is 0 Å². The van der Waals surface area contributed by atoms with E-state index in [-0.39, 0.29) is 30.4 Å². The van der Waals surface area contributed by atoms with E-state index in [2.05, 4.69) is 58.8 Å². The molecule has 4 atom stereocenters. The highest BCUT2D eigenvalue weighted by Gasteiger charge is 2.34. The van der Waals surface area contributed by atoms with Gasteiger partial charge in [-0.05, 0) is 76.8 Å². The van der Waals surface area contributed by atoms with Crippen molar-refractivity contribution < 1.29 is 9.59 Å². The van der Waals surface area contributed by atoms with Crippen molar-refractivity contribution in [2.24, 2.45) is 17.8 Å². The number of hydrogen-bond acceptors (Lipinski definition) is 4. The highest BCUT2D eigenvalue weighted by atomic mass is 16.2. The van der Waals surface area contributed by atoms with Gasteiger partial charge in [-0.15, -0.1) is 0 Å². The highest BCUT2D eigenvalue weighted by Crippen LogP contribution is 2.30. The smallest absolute Gasteiger partial charge is 0.242 e. The van der Waals surface area contributed by atoms with Gasteiger partial charge in [-0.1, -0.05) is 41.0 Å². The summed E-state index contributed by atoms with van der Waals surface area (Å²) < 4.78 is 0. The maximum Gasteiger partial charge on any atom is 0.242 e. The molecule has 3 rings (SSSR count). The van der Waals surface area contributed by atoms with Crippen LogP contribution < -0.4 is 5.32 Å². The van der Waals surface area contributed by atoms with Gasteiger partial charge in [0, 0.05) is 31.7 Å². The molecule has 2 amide bonds. The predicted molar refractivity (Wildman–Crippen MR) is 137 cm³/mol. The third-order valence-electron chi connectivity index (χ3n) is 7.25. The number of likely N-dealkylation sites (tertiary alicyclic amines) is 2. The number of amides is 2. The first-order valence-corrected chi connectivity index (χ1v) is 13.6. The molecule has 3 heterocycles. The number of nitrogens with one attached hydrogen (secondary N) is 1. The van der Waals surface area contributed by atoms with Crippen molar-refractivity contribution in [1.82, 2.24) is 20.0 Å². The number of nitrogens with zero attached hydrogens (tertiary/aromatic N) is 3. The van der Waals surface area contributed by atoms with Crippen LogP contribution >= 0.6 is 0 Å². The molecule has 1 N–H and O–H groups in total. The van der Waals surface area contributed by atoms with E-state index in [0.29, 0.717) is 12.5 Å². The van der Waals surface area contributed by atoms with Crippen molar-refractivity contribution >= 4 is 11.8 Å². The minimum atomic E-state index is -0.132. The van der Waals surface area contributed by atoms with E-state index >= 15 is 0 Å². The molecule has 3 aliphatic heterocycles. The summed E-state index contributed by atoms with van der Waals surface area (Å²) in [5.74, 6) is 2.25. The number of carbonyl (C=O) groups excluding carboxylic acids is 2. The van der Waals surface area contributed by atoms with Crippen molar-refractivity contribution in [3.63, 3.8) is 0 Å². The second-order valence-corrected chi connectivity index (χ2v) is 11.8. The third kappa shape index (κ3) is 9.20. The van der Waals surface area contributed by atoms with Crippen LogP contribution in [0.2, 0.25) is 0 Å². The average Bonchev–Trinajstić information content (AvgIpc) is 2.72. The summed E-state index contributed by atoms with van der Waals surface area (Å²) in [6, 6.07) is 0.867. The van der Waals surface area contributed by atoms with Gasteiger partial charge in [0.05, 0.1) is 12.6 Å². The highest BCUT2D eigenvalue weighted by molar-refractivity contribution is 5.88. The largest absolute Gasteiger partial charge is 0.338 e. The summed E-state index contributed by atoms with van der Waals surface area (Å²) in [4.78, 5) is 32.1. The fraction of sp³-hybridized carbons (Fsp3) is 0.926. The zero-order chi connectivity index (χ0) is 24.5. The molecule has 0 aromatic carbocycles. The van der Waals surface area contributed by atoms with E-state index in [4.69, 9.17) is 0 Å². The third-order valence-corrected chi connectivity index (χ3v) is 7.25. The zero-order valence-electron chi connectivity index (χ0n) is 22.6. The van der Waals surface area contributed by atoms with Crippen molar-refractivity contribution in [2.75, 3.05) is 39.8 Å². The lowest BCUT2D eigenvalue weighted by Crippen LogP contribution is -2.58. The van der Waals surface area contributed by atoms with Crippen LogP contribution in [0.25, 0.3) is 0 Å². The summed E-state index contributed by atoms with van der Waals surface area (Å²) in [6.07, 6.45) is 8.33. The Morgan fingerprint density at radius 1 is 1.06 bits per heavy atom. The van der Waals surface area contributed by atoms with Crippen LogP contribution in [0.4, 0.5) is 0 Å². The fourth-order valence-electron chi connectivity index (χ4n) is 5.54. The van der Waals surface area contributed by atoms with E-state index in [9.17, 15) is 9.59 Å². The second kappa shape index (κ2) is 13.7. The quantitative estimate of drug-likeness (QED) is 0.646. The predicted octanol–water partition coefficient (Wildman–Crippen LogP) is 4.00. The van der Waals surface area contributed by atoms with E-state index in [1.807, 2.05) is 4.90 Å². The first-order chi connectivity index (χ1) is 15.6. The summed E-state index contributed by atoms with van der Waals surface area (Å²) in [5.41, 5.74) is 0. The molecule has 33 heavy (non-hydrogen) atoms. The minimum absolute atomic E-state index is 0.0983. The Bertz CT molecular complexity index is 606. The molecule has 6 nitrogen and oxygen atoms in total. The van der Waals surface area contributed by atoms with Gasteiger partial charge in [0.15, 0.2) is 0 Å². The summed E-state index contributed by atoms with van der Waals surface area (Å²) in [6.45, 7) is 16.7. The maximum atomic E-state index is 13.0. The molecule has 3 aliphatic rings. The van der Waals surface area contributed by atoms with Crippen LogP contribution in [-0.2, 0) is 9.59 Å². The SMILES string of the molecule is CC(C)C.CC(C)CC1NCCN(CC(=O)N2CCC(CC3CCCCN3C)CC2C)C1=O. The van der Waals surface area contributed by atoms with Gasteiger partial charge < -0.3 is 20.0 Å². The van der Waals surface area contributed by atoms with Gasteiger partial charge in [0.2, 0.25) is 11.8 Å². The molecule has 3 fully saturated rings. The van der Waals surface area contributed by atoms with Crippen LogP contribution in [0.3, 0.4) is 0 Å². The zero-order valence-corrected chi connectivity index (χ0v) is 22.6. The number of piperazine rings is 1. The van der Waals surface area contributed by atoms with Crippen LogP contribution in [0.15, 0.2) is 0 Å². The molecule has 0 radical (unpaired) electrons.